The molecule has 1 amide bonds. The van der Waals surface area contributed by atoms with E-state index in [1.54, 1.807) is 40.6 Å². The highest BCUT2D eigenvalue weighted by Crippen LogP contribution is 2.33. The molecule has 1 aliphatic rings. The summed E-state index contributed by atoms with van der Waals surface area (Å²) in [6.07, 6.45) is 16.7. The number of hydrogen-bond donors (Lipinski definition) is 2. The lowest BCUT2D eigenvalue weighted by molar-refractivity contribution is -0.108. The molecule has 0 aliphatic carbocycles. The molecule has 1 saturated heterocycles. The average molecular weight is 706 g/mol. The third-order valence-corrected chi connectivity index (χ3v) is 7.92. The lowest BCUT2D eigenvalue weighted by Gasteiger charge is -2.25. The summed E-state index contributed by atoms with van der Waals surface area (Å²) in [7, 11) is 6.87. The molecule has 0 spiro atoms. The summed E-state index contributed by atoms with van der Waals surface area (Å²) < 4.78 is 16.5. The molecule has 0 unspecified atom stereocenters. The minimum atomic E-state index is 0.183. The van der Waals surface area contributed by atoms with E-state index < -0.39 is 0 Å². The number of morpholine rings is 1. The number of hydrogen-bond acceptors (Lipinski definition) is 8. The quantitative estimate of drug-likeness (QED) is 0.0399. The highest BCUT2D eigenvalue weighted by molar-refractivity contribution is 6.33. The fourth-order valence-corrected chi connectivity index (χ4v) is 5.20. The van der Waals surface area contributed by atoms with Crippen LogP contribution in [0.3, 0.4) is 0 Å². The van der Waals surface area contributed by atoms with Gasteiger partial charge in [0.1, 0.15) is 17.4 Å². The second-order valence-electron chi connectivity index (χ2n) is 10.8. The SMILES string of the molecule is C\C=C(OC)/C(CCl)=C(C(\C=N/C=C\N(C)C/C(C)=C/C(=NC)NC(/C=C\CN1CCOCC1)=C(/C)NC=O)=C\CC)/C(Cl)=C(\C)OC. The van der Waals surface area contributed by atoms with E-state index in [4.69, 9.17) is 37.4 Å². The Morgan fingerprint density at radius 3 is 2.42 bits per heavy atom. The van der Waals surface area contributed by atoms with Gasteiger partial charge in [-0.05, 0) is 57.9 Å². The summed E-state index contributed by atoms with van der Waals surface area (Å²) in [4.78, 5) is 24.5. The Morgan fingerprint density at radius 2 is 1.85 bits per heavy atom. The van der Waals surface area contributed by atoms with Crippen LogP contribution in [0.1, 0.15) is 41.0 Å². The van der Waals surface area contributed by atoms with E-state index in [-0.39, 0.29) is 5.88 Å². The van der Waals surface area contributed by atoms with Crippen molar-refractivity contribution in [3.63, 3.8) is 0 Å². The normalized spacial score (nSPS) is 17.4. The molecule has 1 aliphatic heterocycles. The number of carbonyl (C=O) groups is 1. The number of amidine groups is 1. The van der Waals surface area contributed by atoms with Gasteiger partial charge in [-0.25, -0.2) is 0 Å². The molecule has 10 nitrogen and oxygen atoms in total. The number of nitrogens with one attached hydrogen (secondary N) is 2. The first-order valence-electron chi connectivity index (χ1n) is 15.9. The van der Waals surface area contributed by atoms with Gasteiger partial charge in [-0.3, -0.25) is 19.7 Å². The highest BCUT2D eigenvalue weighted by Gasteiger charge is 2.20. The molecule has 0 aromatic heterocycles. The predicted octanol–water partition coefficient (Wildman–Crippen LogP) is 6.43. The number of nitrogens with zero attached hydrogens (tertiary/aromatic N) is 4. The van der Waals surface area contributed by atoms with Crippen LogP contribution >= 0.6 is 23.2 Å². The maximum atomic E-state index is 11.2. The van der Waals surface area contributed by atoms with E-state index in [0.717, 1.165) is 61.7 Å². The van der Waals surface area contributed by atoms with Gasteiger partial charge in [0.2, 0.25) is 6.41 Å². The number of halogens is 2. The Morgan fingerprint density at radius 1 is 1.15 bits per heavy atom. The molecule has 0 aromatic carbocycles. The van der Waals surface area contributed by atoms with Crippen molar-refractivity contribution in [1.29, 1.82) is 0 Å². The number of allylic oxidation sites excluding steroid dienone is 9. The smallest absolute Gasteiger partial charge is 0.211 e. The molecule has 0 bridgehead atoms. The molecule has 1 fully saturated rings. The van der Waals surface area contributed by atoms with Crippen LogP contribution in [0.25, 0.3) is 0 Å². The van der Waals surface area contributed by atoms with Crippen molar-refractivity contribution >= 4 is 41.7 Å². The number of methoxy groups -OCH3 is 2. The van der Waals surface area contributed by atoms with Crippen molar-refractivity contribution < 1.29 is 19.0 Å². The summed E-state index contributed by atoms with van der Waals surface area (Å²) in [6.45, 7) is 14.3. The van der Waals surface area contributed by atoms with Gasteiger partial charge < -0.3 is 29.7 Å². The standard InChI is InChI=1S/C36H54Cl2N6O4/c1-10-13-30(35(36(38)29(5)46-8)31(23-37)33(11-2)47-9)24-40-15-17-43(7)25-27(3)22-34(39-6)42-32(28(4)41-26-45)14-12-16-44-18-20-48-21-19-44/h11-15,17,22,24,26H,10,16,18-21,23,25H2,1-9H3,(H,39,42)(H,41,45)/b14-12-,17-15-,27-22+,30-13+,32-28-,33-11+,35-31+,36-29-,40-24-. The van der Waals surface area contributed by atoms with E-state index >= 15 is 0 Å². The Kier molecular flexibility index (Phi) is 21.7. The van der Waals surface area contributed by atoms with E-state index in [0.29, 0.717) is 46.6 Å². The van der Waals surface area contributed by atoms with Crippen LogP contribution in [-0.2, 0) is 19.0 Å². The van der Waals surface area contributed by atoms with E-state index in [2.05, 4.69) is 31.6 Å². The second kappa shape index (κ2) is 24.6. The Bertz CT molecular complexity index is 1350. The molecule has 0 radical (unpaired) electrons. The van der Waals surface area contributed by atoms with Gasteiger partial charge in [-0.15, -0.1) is 11.6 Å². The zero-order chi connectivity index (χ0) is 35.9. The zero-order valence-electron chi connectivity index (χ0n) is 30.0. The van der Waals surface area contributed by atoms with Crippen LogP contribution in [0.4, 0.5) is 0 Å². The minimum absolute atomic E-state index is 0.183. The highest BCUT2D eigenvalue weighted by atomic mass is 35.5. The number of ether oxygens (including phenoxy) is 3. The number of carbonyl (C=O) groups excluding carboxylic acids is 1. The summed E-state index contributed by atoms with van der Waals surface area (Å²) in [5, 5.41) is 6.53. The minimum Gasteiger partial charge on any atom is -0.500 e. The van der Waals surface area contributed by atoms with Gasteiger partial charge in [0.25, 0.3) is 0 Å². The number of amides is 1. The maximum absolute atomic E-state index is 11.2. The molecular formula is C36H54Cl2N6O4. The first-order chi connectivity index (χ1) is 23.1. The van der Waals surface area contributed by atoms with Crippen molar-refractivity contribution in [3.8, 4) is 0 Å². The van der Waals surface area contributed by atoms with Crippen LogP contribution in [0.5, 0.6) is 0 Å². The largest absolute Gasteiger partial charge is 0.500 e. The Hall–Kier alpha value is -3.57. The van der Waals surface area contributed by atoms with Crippen LogP contribution < -0.4 is 10.6 Å². The van der Waals surface area contributed by atoms with E-state index in [9.17, 15) is 4.79 Å². The van der Waals surface area contributed by atoms with Gasteiger partial charge >= 0.3 is 0 Å². The number of rotatable bonds is 19. The van der Waals surface area contributed by atoms with Gasteiger partial charge in [0.05, 0.1) is 44.0 Å². The molecule has 48 heavy (non-hydrogen) atoms. The molecule has 0 atom stereocenters. The van der Waals surface area contributed by atoms with E-state index in [1.165, 1.54) is 0 Å². The predicted molar refractivity (Wildman–Crippen MR) is 201 cm³/mol. The van der Waals surface area contributed by atoms with Crippen molar-refractivity contribution in [1.82, 2.24) is 20.4 Å². The number of likely N-dealkylation sites (N-methyl/N-ethyl adjacent to an activating group) is 1. The van der Waals surface area contributed by atoms with Crippen LogP contribution in [0, 0.1) is 0 Å². The maximum Gasteiger partial charge on any atom is 0.211 e. The van der Waals surface area contributed by atoms with Crippen LogP contribution in [0.2, 0.25) is 0 Å². The molecule has 2 N–H and O–H groups in total. The average Bonchev–Trinajstić information content (AvgIpc) is 3.08. The van der Waals surface area contributed by atoms with Crippen molar-refractivity contribution in [2.75, 3.05) is 73.6 Å². The molecule has 266 valence electrons. The van der Waals surface area contributed by atoms with Crippen LogP contribution in [0.15, 0.2) is 103 Å². The Balaban J connectivity index is 3.15. The molecule has 1 heterocycles. The lowest BCUT2D eigenvalue weighted by Crippen LogP contribution is -2.36. The summed E-state index contributed by atoms with van der Waals surface area (Å²) in [5.74, 6) is 2.03. The van der Waals surface area contributed by atoms with Crippen molar-refractivity contribution in [2.45, 2.75) is 41.0 Å². The molecule has 1 rings (SSSR count). The third kappa shape index (κ3) is 15.1. The van der Waals surface area contributed by atoms with Crippen LogP contribution in [-0.4, -0.2) is 102 Å². The molecule has 12 heteroatoms. The summed E-state index contributed by atoms with van der Waals surface area (Å²) in [6, 6.07) is 0. The fraction of sp³-hybridized carbons (Fsp3) is 0.472. The lowest BCUT2D eigenvalue weighted by atomic mass is 9.97. The van der Waals surface area contributed by atoms with Crippen molar-refractivity contribution in [2.24, 2.45) is 9.98 Å². The zero-order valence-corrected chi connectivity index (χ0v) is 31.5. The van der Waals surface area contributed by atoms with Gasteiger partial charge in [0.15, 0.2) is 0 Å². The first kappa shape index (κ1) is 42.5. The first-order valence-corrected chi connectivity index (χ1v) is 16.8. The third-order valence-electron chi connectivity index (χ3n) is 7.20. The Labute approximate surface area is 298 Å². The topological polar surface area (TPSA) is 100 Å². The second-order valence-corrected chi connectivity index (χ2v) is 11.5. The molecule has 0 saturated carbocycles. The van der Waals surface area contributed by atoms with Gasteiger partial charge in [0, 0.05) is 75.7 Å². The summed E-state index contributed by atoms with van der Waals surface area (Å²) in [5.41, 5.74) is 4.75. The van der Waals surface area contributed by atoms with Gasteiger partial charge in [-0.2, -0.15) is 0 Å². The molecular weight excluding hydrogens is 651 g/mol. The van der Waals surface area contributed by atoms with Gasteiger partial charge in [-0.1, -0.05) is 36.2 Å². The monoisotopic (exact) mass is 704 g/mol. The number of aliphatic imine (C=N–C) groups is 2. The van der Waals surface area contributed by atoms with E-state index in [1.807, 2.05) is 70.1 Å². The number of alkyl halides is 1. The molecule has 0 aromatic rings. The van der Waals surface area contributed by atoms with Crippen molar-refractivity contribution in [3.05, 3.63) is 93.0 Å². The fourth-order valence-electron chi connectivity index (χ4n) is 4.63. The summed E-state index contributed by atoms with van der Waals surface area (Å²) >= 11 is 13.2.